The van der Waals surface area contributed by atoms with Crippen LogP contribution in [-0.2, 0) is 0 Å². The minimum absolute atomic E-state index is 0.0931. The summed E-state index contributed by atoms with van der Waals surface area (Å²) in [5.74, 6) is -0.0931. The van der Waals surface area contributed by atoms with Crippen molar-refractivity contribution < 1.29 is 4.79 Å². The normalized spacial score (nSPS) is 10.4. The summed E-state index contributed by atoms with van der Waals surface area (Å²) in [6, 6.07) is 7.40. The highest BCUT2D eigenvalue weighted by atomic mass is 79.9. The Morgan fingerprint density at radius 3 is 2.61 bits per heavy atom. The van der Waals surface area contributed by atoms with Gasteiger partial charge in [0.25, 0.3) is 0 Å². The van der Waals surface area contributed by atoms with E-state index in [1.165, 1.54) is 0 Å². The maximum atomic E-state index is 12.5. The van der Waals surface area contributed by atoms with E-state index in [0.717, 1.165) is 15.6 Å². The Bertz CT molecular complexity index is 605. The molecule has 4 heteroatoms. The lowest BCUT2D eigenvalue weighted by Crippen LogP contribution is -2.07. The number of aromatic nitrogens is 1. The van der Waals surface area contributed by atoms with Gasteiger partial charge in [-0.2, -0.15) is 0 Å². The van der Waals surface area contributed by atoms with Crippen molar-refractivity contribution in [2.75, 3.05) is 0 Å². The lowest BCUT2D eigenvalue weighted by Gasteiger charge is -2.09. The van der Waals surface area contributed by atoms with Gasteiger partial charge in [0, 0.05) is 16.2 Å². The Labute approximate surface area is 119 Å². The zero-order chi connectivity index (χ0) is 13.3. The molecule has 18 heavy (non-hydrogen) atoms. The second-order valence-electron chi connectivity index (χ2n) is 4.08. The second kappa shape index (κ2) is 5.21. The molecule has 0 amide bonds. The number of carbonyl (C=O) groups is 1. The first-order valence-corrected chi connectivity index (χ1v) is 6.59. The molecule has 0 spiro atoms. The third kappa shape index (κ3) is 2.47. The minimum Gasteiger partial charge on any atom is -0.288 e. The second-order valence-corrected chi connectivity index (χ2v) is 5.36. The summed E-state index contributed by atoms with van der Waals surface area (Å²) >= 11 is 9.40. The van der Waals surface area contributed by atoms with Crippen LogP contribution in [0.5, 0.6) is 0 Å². The summed E-state index contributed by atoms with van der Waals surface area (Å²) in [7, 11) is 0. The lowest BCUT2D eigenvalue weighted by atomic mass is 9.98. The van der Waals surface area contributed by atoms with E-state index >= 15 is 0 Å². The number of rotatable bonds is 2. The quantitative estimate of drug-likeness (QED) is 0.607. The molecule has 0 saturated heterocycles. The van der Waals surface area contributed by atoms with Crippen molar-refractivity contribution in [3.05, 3.63) is 62.3 Å². The van der Waals surface area contributed by atoms with Gasteiger partial charge in [-0.1, -0.05) is 33.6 Å². The average molecular weight is 325 g/mol. The number of hydrogen-bond acceptors (Lipinski definition) is 2. The van der Waals surface area contributed by atoms with Gasteiger partial charge in [-0.3, -0.25) is 4.79 Å². The zero-order valence-corrected chi connectivity index (χ0v) is 12.3. The van der Waals surface area contributed by atoms with E-state index in [2.05, 4.69) is 20.9 Å². The molecular formula is C14H11BrClNO. The maximum Gasteiger partial charge on any atom is 0.196 e. The zero-order valence-electron chi connectivity index (χ0n) is 10.00. The van der Waals surface area contributed by atoms with Crippen LogP contribution in [0.25, 0.3) is 0 Å². The first-order valence-electron chi connectivity index (χ1n) is 5.42. The highest BCUT2D eigenvalue weighted by Gasteiger charge is 2.18. The van der Waals surface area contributed by atoms with Gasteiger partial charge in [0.1, 0.15) is 5.15 Å². The predicted molar refractivity (Wildman–Crippen MR) is 76.3 cm³/mol. The van der Waals surface area contributed by atoms with Crippen LogP contribution in [0.1, 0.15) is 27.0 Å². The molecule has 0 radical (unpaired) electrons. The van der Waals surface area contributed by atoms with Crippen LogP contribution >= 0.6 is 27.5 Å². The number of carbonyl (C=O) groups excluding carboxylic acids is 1. The number of aryl methyl sites for hydroxylation is 2. The Morgan fingerprint density at radius 2 is 1.94 bits per heavy atom. The molecule has 2 nitrogen and oxygen atoms in total. The Hall–Kier alpha value is -1.19. The number of hydrogen-bond donors (Lipinski definition) is 0. The Kier molecular flexibility index (Phi) is 3.83. The summed E-state index contributed by atoms with van der Waals surface area (Å²) in [4.78, 5) is 16.5. The molecule has 1 aromatic carbocycles. The van der Waals surface area contributed by atoms with Gasteiger partial charge < -0.3 is 0 Å². The molecule has 0 N–H and O–H groups in total. The van der Waals surface area contributed by atoms with E-state index < -0.39 is 0 Å². The average Bonchev–Trinajstić information content (AvgIpc) is 2.32. The van der Waals surface area contributed by atoms with Crippen LogP contribution in [0.3, 0.4) is 0 Å². The number of nitrogens with zero attached hydrogens (tertiary/aromatic N) is 1. The van der Waals surface area contributed by atoms with Crippen molar-refractivity contribution in [1.82, 2.24) is 4.98 Å². The van der Waals surface area contributed by atoms with E-state index in [4.69, 9.17) is 11.6 Å². The molecule has 0 aliphatic heterocycles. The number of halogens is 2. The molecule has 0 aliphatic carbocycles. The fourth-order valence-corrected chi connectivity index (χ4v) is 2.42. The van der Waals surface area contributed by atoms with Crippen molar-refractivity contribution in [1.29, 1.82) is 0 Å². The molecule has 1 aromatic heterocycles. The maximum absolute atomic E-state index is 12.5. The van der Waals surface area contributed by atoms with E-state index in [9.17, 15) is 4.79 Å². The van der Waals surface area contributed by atoms with Gasteiger partial charge in [-0.15, -0.1) is 0 Å². The molecule has 0 saturated carbocycles. The van der Waals surface area contributed by atoms with Crippen molar-refractivity contribution in [2.45, 2.75) is 13.8 Å². The monoisotopic (exact) mass is 323 g/mol. The summed E-state index contributed by atoms with van der Waals surface area (Å²) in [5, 5.41) is 0.249. The van der Waals surface area contributed by atoms with Crippen LogP contribution < -0.4 is 0 Å². The van der Waals surface area contributed by atoms with Gasteiger partial charge in [-0.25, -0.2) is 4.98 Å². The van der Waals surface area contributed by atoms with Crippen molar-refractivity contribution in [2.24, 2.45) is 0 Å². The predicted octanol–water partition coefficient (Wildman–Crippen LogP) is 4.35. The van der Waals surface area contributed by atoms with Crippen molar-refractivity contribution in [3.8, 4) is 0 Å². The fourth-order valence-electron chi connectivity index (χ4n) is 1.77. The fraction of sp³-hybridized carbons (Fsp3) is 0.143. The smallest absolute Gasteiger partial charge is 0.196 e. The molecule has 0 fully saturated rings. The molecule has 1 heterocycles. The summed E-state index contributed by atoms with van der Waals surface area (Å²) in [6.07, 6.45) is 1.60. The van der Waals surface area contributed by atoms with E-state index in [1.54, 1.807) is 18.3 Å². The summed E-state index contributed by atoms with van der Waals surface area (Å²) in [5.41, 5.74) is 2.87. The SMILES string of the molecule is Cc1ccc(Br)cc1C(=O)c1c(C)ccnc1Cl. The van der Waals surface area contributed by atoms with E-state index in [-0.39, 0.29) is 10.9 Å². The summed E-state index contributed by atoms with van der Waals surface area (Å²) < 4.78 is 0.870. The molecule has 2 rings (SSSR count). The van der Waals surface area contributed by atoms with Crippen LogP contribution in [0.15, 0.2) is 34.9 Å². The summed E-state index contributed by atoms with van der Waals surface area (Å²) in [6.45, 7) is 3.76. The third-order valence-corrected chi connectivity index (χ3v) is 3.56. The van der Waals surface area contributed by atoms with Crippen LogP contribution in [0, 0.1) is 13.8 Å². The highest BCUT2D eigenvalue weighted by Crippen LogP contribution is 2.24. The largest absolute Gasteiger partial charge is 0.288 e. The van der Waals surface area contributed by atoms with E-state index in [0.29, 0.717) is 11.1 Å². The van der Waals surface area contributed by atoms with Gasteiger partial charge in [0.2, 0.25) is 0 Å². The van der Waals surface area contributed by atoms with Crippen LogP contribution in [-0.4, -0.2) is 10.8 Å². The van der Waals surface area contributed by atoms with Gasteiger partial charge in [-0.05, 0) is 43.2 Å². The molecule has 92 valence electrons. The van der Waals surface area contributed by atoms with Gasteiger partial charge >= 0.3 is 0 Å². The van der Waals surface area contributed by atoms with Crippen molar-refractivity contribution >= 4 is 33.3 Å². The van der Waals surface area contributed by atoms with Crippen LogP contribution in [0.4, 0.5) is 0 Å². The molecule has 0 unspecified atom stereocenters. The Morgan fingerprint density at radius 1 is 1.22 bits per heavy atom. The van der Waals surface area contributed by atoms with Gasteiger partial charge in [0.15, 0.2) is 5.78 Å². The highest BCUT2D eigenvalue weighted by molar-refractivity contribution is 9.10. The molecule has 0 bridgehead atoms. The first kappa shape index (κ1) is 13.2. The molecule has 0 atom stereocenters. The number of pyridine rings is 1. The standard InChI is InChI=1S/C14H11BrClNO/c1-8-3-4-10(15)7-11(8)13(18)12-9(2)5-6-17-14(12)16/h3-7H,1-2H3. The van der Waals surface area contributed by atoms with E-state index in [1.807, 2.05) is 26.0 Å². The molecule has 0 aliphatic rings. The topological polar surface area (TPSA) is 30.0 Å². The lowest BCUT2D eigenvalue weighted by molar-refractivity contribution is 0.103. The van der Waals surface area contributed by atoms with Gasteiger partial charge in [0.05, 0.1) is 5.56 Å². The first-order chi connectivity index (χ1) is 8.50. The molecule has 2 aromatic rings. The van der Waals surface area contributed by atoms with Crippen LogP contribution in [0.2, 0.25) is 5.15 Å². The number of benzene rings is 1. The van der Waals surface area contributed by atoms with Crippen molar-refractivity contribution in [3.63, 3.8) is 0 Å². The Balaban J connectivity index is 2.58. The minimum atomic E-state index is -0.0931. The molecular weight excluding hydrogens is 314 g/mol. The number of ketones is 1. The third-order valence-electron chi connectivity index (χ3n) is 2.78.